The molecule has 1 saturated carbocycles. The maximum absolute atomic E-state index is 12.5. The average Bonchev–Trinajstić information content (AvgIpc) is 3.27. The third-order valence-corrected chi connectivity index (χ3v) is 18.8. The van der Waals surface area contributed by atoms with Gasteiger partial charge in [0.2, 0.25) is 5.69 Å². The van der Waals surface area contributed by atoms with Crippen LogP contribution >= 0.6 is 17.1 Å². The Kier molecular flexibility index (Phi) is 8.33. The molecule has 2 aliphatic heterocycles. The molecule has 0 radical (unpaired) electrons. The summed E-state index contributed by atoms with van der Waals surface area (Å²) in [5, 5.41) is 0.00603. The Bertz CT molecular complexity index is 1200. The van der Waals surface area contributed by atoms with E-state index in [4.69, 9.17) is 30.0 Å². The summed E-state index contributed by atoms with van der Waals surface area (Å²) < 4.78 is 27.3. The number of fused-ring (bicyclic) bond motifs is 1. The van der Waals surface area contributed by atoms with Gasteiger partial charge in [-0.25, -0.2) is 4.79 Å². The van der Waals surface area contributed by atoms with Gasteiger partial charge in [-0.05, 0) is 69.0 Å². The summed E-state index contributed by atoms with van der Waals surface area (Å²) in [5.74, 6) is 0.456. The Morgan fingerprint density at radius 2 is 2.08 bits per heavy atom. The molecule has 0 aromatic carbocycles. The first-order valence-corrected chi connectivity index (χ1v) is 19.9. The van der Waals surface area contributed by atoms with Gasteiger partial charge in [-0.15, -0.1) is 0 Å². The zero-order valence-electron chi connectivity index (χ0n) is 22.9. The first kappa shape index (κ1) is 29.5. The minimum Gasteiger partial charge on any atom is -0.411 e. The molecule has 0 amide bonds. The number of allylic oxidation sites excluding steroid dienone is 1. The largest absolute Gasteiger partial charge is 0.411 e. The van der Waals surface area contributed by atoms with Gasteiger partial charge in [0.15, 0.2) is 8.32 Å². The van der Waals surface area contributed by atoms with Crippen molar-refractivity contribution in [1.29, 1.82) is 0 Å². The molecule has 0 bridgehead atoms. The second-order valence-electron chi connectivity index (χ2n) is 12.4. The molecular weight excluding hydrogens is 547 g/mol. The number of nitrogens with zero attached hydrogens (tertiary/aromatic N) is 1. The zero-order valence-corrected chi connectivity index (χ0v) is 26.5. The van der Waals surface area contributed by atoms with Crippen LogP contribution in [-0.2, 0) is 30.0 Å². The zero-order chi connectivity index (χ0) is 27.4. The van der Waals surface area contributed by atoms with Crippen molar-refractivity contribution in [2.45, 2.75) is 108 Å². The molecule has 1 aromatic rings. The van der Waals surface area contributed by atoms with E-state index in [1.807, 2.05) is 0 Å². The Morgan fingerprint density at radius 1 is 1.38 bits per heavy atom. The molecule has 0 spiro atoms. The van der Waals surface area contributed by atoms with Crippen molar-refractivity contribution in [2.24, 2.45) is 5.92 Å². The molecular formula is C25H41N2O6PS2Si. The molecule has 1 aliphatic carbocycles. The van der Waals surface area contributed by atoms with Gasteiger partial charge in [0.25, 0.3) is 5.56 Å². The van der Waals surface area contributed by atoms with E-state index >= 15 is 0 Å². The van der Waals surface area contributed by atoms with Crippen molar-refractivity contribution in [3.05, 3.63) is 45.3 Å². The van der Waals surface area contributed by atoms with E-state index in [0.717, 1.165) is 19.3 Å². The van der Waals surface area contributed by atoms with E-state index in [0.29, 0.717) is 12.3 Å². The molecule has 1 aromatic heterocycles. The Labute approximate surface area is 229 Å². The fraction of sp³-hybridized carbons (Fsp3) is 0.760. The van der Waals surface area contributed by atoms with Crippen LogP contribution in [-0.4, -0.2) is 47.5 Å². The van der Waals surface area contributed by atoms with Gasteiger partial charge in [0, 0.05) is 23.4 Å². The van der Waals surface area contributed by atoms with Crippen molar-refractivity contribution < 1.29 is 18.2 Å². The second kappa shape index (κ2) is 10.5. The molecule has 3 heterocycles. The SMILES string of the molecule is C=C(C)[C@H]1CC[C@@]2(C)S[P@](=S)(OC[C@H]3O[C@@H](n4ccc(=O)[nH]c4=O)C[C@@H]3O[Si](C)(C)C(C)(C)C)O[C@@H]2C1. The third-order valence-electron chi connectivity index (χ3n) is 8.43. The number of hydrogen-bond donors (Lipinski definition) is 1. The lowest BCUT2D eigenvalue weighted by atomic mass is 9.77. The molecule has 0 unspecified atom stereocenters. The van der Waals surface area contributed by atoms with Crippen molar-refractivity contribution in [2.75, 3.05) is 6.61 Å². The summed E-state index contributed by atoms with van der Waals surface area (Å²) in [4.78, 5) is 26.4. The number of aromatic nitrogens is 2. The van der Waals surface area contributed by atoms with Gasteiger partial charge < -0.3 is 18.2 Å². The van der Waals surface area contributed by atoms with Gasteiger partial charge in [-0.2, -0.15) is 0 Å². The Morgan fingerprint density at radius 3 is 2.70 bits per heavy atom. The highest BCUT2D eigenvalue weighted by molar-refractivity contribution is 8.68. The number of hydrogen-bond acceptors (Lipinski definition) is 8. The molecule has 12 heteroatoms. The maximum Gasteiger partial charge on any atom is 0.330 e. The first-order chi connectivity index (χ1) is 17.0. The Hall–Kier alpha value is -0.523. The maximum atomic E-state index is 12.5. The highest BCUT2D eigenvalue weighted by Crippen LogP contribution is 2.75. The van der Waals surface area contributed by atoms with Crippen LogP contribution < -0.4 is 11.2 Å². The van der Waals surface area contributed by atoms with Crippen LogP contribution in [0, 0.1) is 5.92 Å². The molecule has 4 rings (SSSR count). The van der Waals surface area contributed by atoms with Crippen LogP contribution in [0.1, 0.15) is 66.5 Å². The van der Waals surface area contributed by atoms with Crippen LogP contribution in [0.4, 0.5) is 0 Å². The lowest BCUT2D eigenvalue weighted by Gasteiger charge is -2.39. The second-order valence-corrected chi connectivity index (χ2v) is 23.7. The van der Waals surface area contributed by atoms with Crippen LogP contribution in [0.25, 0.3) is 0 Å². The molecule has 3 aliphatic rings. The highest BCUT2D eigenvalue weighted by Gasteiger charge is 2.54. The summed E-state index contributed by atoms with van der Waals surface area (Å²) in [7, 11) is -2.14. The number of aromatic amines is 1. The van der Waals surface area contributed by atoms with Gasteiger partial charge in [0.05, 0.1) is 18.8 Å². The summed E-state index contributed by atoms with van der Waals surface area (Å²) in [6.07, 6.45) is 3.78. The Balaban J connectivity index is 1.51. The molecule has 208 valence electrons. The van der Waals surface area contributed by atoms with E-state index in [2.05, 4.69) is 59.3 Å². The molecule has 3 fully saturated rings. The lowest BCUT2D eigenvalue weighted by molar-refractivity contribution is -0.0395. The van der Waals surface area contributed by atoms with Gasteiger partial charge >= 0.3 is 5.69 Å². The van der Waals surface area contributed by atoms with Crippen LogP contribution in [0.3, 0.4) is 0 Å². The normalized spacial score (nSPS) is 36.5. The number of H-pyrrole nitrogens is 1. The predicted molar refractivity (Wildman–Crippen MR) is 155 cm³/mol. The highest BCUT2D eigenvalue weighted by atomic mass is 32.9. The molecule has 37 heavy (non-hydrogen) atoms. The number of nitrogens with one attached hydrogen (secondary N) is 1. The molecule has 2 saturated heterocycles. The van der Waals surface area contributed by atoms with Crippen molar-refractivity contribution in [3.8, 4) is 0 Å². The van der Waals surface area contributed by atoms with Crippen LogP contribution in [0.2, 0.25) is 18.1 Å². The summed E-state index contributed by atoms with van der Waals surface area (Å²) in [6, 6.07) is 1.33. The minimum atomic E-state index is -2.59. The van der Waals surface area contributed by atoms with Crippen molar-refractivity contribution in [3.63, 3.8) is 0 Å². The summed E-state index contributed by atoms with van der Waals surface area (Å²) >= 11 is 7.67. The lowest BCUT2D eigenvalue weighted by Crippen LogP contribution is -2.46. The molecule has 7 atom stereocenters. The molecule has 1 N–H and O–H groups in total. The summed E-state index contributed by atoms with van der Waals surface area (Å²) in [6.45, 7) is 19.7. The third kappa shape index (κ3) is 6.29. The predicted octanol–water partition coefficient (Wildman–Crippen LogP) is 5.72. The van der Waals surface area contributed by atoms with E-state index in [9.17, 15) is 9.59 Å². The smallest absolute Gasteiger partial charge is 0.330 e. The quantitative estimate of drug-likeness (QED) is 0.246. The fourth-order valence-electron chi connectivity index (χ4n) is 4.96. The standard InChI is InChI=1S/C25H41N2O6PS2Si/c1-16(2)17-9-11-25(6)20(13-17)32-34(35,36-25)30-15-19-18(33-37(7,8)24(3,4)5)14-22(31-19)27-12-10-21(28)26-23(27)29/h10,12,17-20,22H,1,9,11,13-15H2,2-8H3,(H,26,28,29)/t17-,18-,19+,20+,22+,25+,34+/m0/s1. The van der Waals surface area contributed by atoms with Gasteiger partial charge in [0.1, 0.15) is 12.3 Å². The van der Waals surface area contributed by atoms with E-state index in [-0.39, 0.29) is 28.6 Å². The van der Waals surface area contributed by atoms with E-state index < -0.39 is 37.6 Å². The van der Waals surface area contributed by atoms with Gasteiger partial charge in [-0.3, -0.25) is 14.3 Å². The minimum absolute atomic E-state index is 0.00603. The van der Waals surface area contributed by atoms with Crippen LogP contribution in [0.15, 0.2) is 34.0 Å². The van der Waals surface area contributed by atoms with Crippen molar-refractivity contribution in [1.82, 2.24) is 9.55 Å². The fourth-order valence-corrected chi connectivity index (χ4v) is 13.5. The van der Waals surface area contributed by atoms with E-state index in [1.165, 1.54) is 22.4 Å². The number of rotatable bonds is 7. The number of ether oxygens (including phenoxy) is 1. The monoisotopic (exact) mass is 588 g/mol. The van der Waals surface area contributed by atoms with Crippen molar-refractivity contribution >= 4 is 37.2 Å². The summed E-state index contributed by atoms with van der Waals surface area (Å²) in [5.41, 5.74) is -2.33. The first-order valence-electron chi connectivity index (χ1n) is 13.0. The molecule has 8 nitrogen and oxygen atoms in total. The van der Waals surface area contributed by atoms with Gasteiger partial charge in [-0.1, -0.05) is 44.3 Å². The topological polar surface area (TPSA) is 91.8 Å². The van der Waals surface area contributed by atoms with Crippen LogP contribution in [0.5, 0.6) is 0 Å². The van der Waals surface area contributed by atoms with E-state index in [1.54, 1.807) is 11.4 Å². The average molecular weight is 589 g/mol.